The van der Waals surface area contributed by atoms with Gasteiger partial charge in [-0.15, -0.1) is 0 Å². The van der Waals surface area contributed by atoms with Crippen molar-refractivity contribution in [3.8, 4) is 0 Å². The van der Waals surface area contributed by atoms with E-state index in [2.05, 4.69) is 0 Å². The van der Waals surface area contributed by atoms with Gasteiger partial charge in [-0.3, -0.25) is 0 Å². The Morgan fingerprint density at radius 2 is 2.22 bits per heavy atom. The largest absolute Gasteiger partial charge is 0.479 e. The molecule has 52 valence electrons. The monoisotopic (exact) mass is 130 g/mol. The summed E-state index contributed by atoms with van der Waals surface area (Å²) in [6.07, 6.45) is 1.49. The van der Waals surface area contributed by atoms with Crippen molar-refractivity contribution in [2.75, 3.05) is 0 Å². The predicted molar refractivity (Wildman–Crippen MR) is 31.0 cm³/mol. The van der Waals surface area contributed by atoms with Crippen LogP contribution >= 0.6 is 0 Å². The van der Waals surface area contributed by atoms with Crippen molar-refractivity contribution >= 4 is 5.97 Å². The van der Waals surface area contributed by atoms with E-state index in [0.29, 0.717) is 12.3 Å². The van der Waals surface area contributed by atoms with Gasteiger partial charge in [-0.2, -0.15) is 0 Å². The van der Waals surface area contributed by atoms with Gasteiger partial charge in [-0.05, 0) is 12.3 Å². The van der Waals surface area contributed by atoms with Crippen LogP contribution in [0.3, 0.4) is 0 Å². The van der Waals surface area contributed by atoms with Crippen LogP contribution in [0.25, 0.3) is 0 Å². The lowest BCUT2D eigenvalue weighted by atomic mass is 10.2. The Bertz CT molecular complexity index is 117. The Balaban J connectivity index is 2.16. The quantitative estimate of drug-likeness (QED) is 0.575. The van der Waals surface area contributed by atoms with Crippen molar-refractivity contribution < 1.29 is 15.0 Å². The fraction of sp³-hybridized carbons (Fsp3) is 0.833. The van der Waals surface area contributed by atoms with E-state index in [9.17, 15) is 4.79 Å². The summed E-state index contributed by atoms with van der Waals surface area (Å²) in [7, 11) is 0. The molecule has 0 aromatic rings. The highest BCUT2D eigenvalue weighted by atomic mass is 16.4. The number of aliphatic hydroxyl groups is 1. The van der Waals surface area contributed by atoms with Crippen molar-refractivity contribution in [1.29, 1.82) is 0 Å². The number of hydrogen-bond donors (Lipinski definition) is 2. The van der Waals surface area contributed by atoms with Gasteiger partial charge in [-0.25, -0.2) is 4.79 Å². The van der Waals surface area contributed by atoms with Crippen LogP contribution < -0.4 is 0 Å². The molecule has 0 aromatic heterocycles. The summed E-state index contributed by atoms with van der Waals surface area (Å²) in [5.41, 5.74) is 0. The van der Waals surface area contributed by atoms with Gasteiger partial charge in [0, 0.05) is 0 Å². The lowest BCUT2D eigenvalue weighted by molar-refractivity contribution is -0.147. The molecule has 1 unspecified atom stereocenters. The molecule has 1 aliphatic carbocycles. The molecule has 0 saturated heterocycles. The molecule has 0 aromatic carbocycles. The number of rotatable bonds is 3. The van der Waals surface area contributed by atoms with Gasteiger partial charge in [0.1, 0.15) is 0 Å². The van der Waals surface area contributed by atoms with Crippen molar-refractivity contribution in [2.24, 2.45) is 5.92 Å². The highest BCUT2D eigenvalue weighted by Gasteiger charge is 2.27. The summed E-state index contributed by atoms with van der Waals surface area (Å²) in [5.74, 6) is -0.613. The second kappa shape index (κ2) is 2.35. The molecule has 0 radical (unpaired) electrons. The van der Waals surface area contributed by atoms with E-state index in [-0.39, 0.29) is 0 Å². The van der Waals surface area contributed by atoms with Gasteiger partial charge < -0.3 is 10.2 Å². The fourth-order valence-corrected chi connectivity index (χ4v) is 0.770. The molecule has 0 heterocycles. The van der Waals surface area contributed by atoms with Crippen molar-refractivity contribution in [3.63, 3.8) is 0 Å². The number of carboxylic acid groups (broad SMARTS) is 1. The summed E-state index contributed by atoms with van der Waals surface area (Å²) < 4.78 is 0. The van der Waals surface area contributed by atoms with Crippen molar-refractivity contribution in [2.45, 2.75) is 25.4 Å². The summed E-state index contributed by atoms with van der Waals surface area (Å²) in [6, 6.07) is 0. The number of carbonyl (C=O) groups is 1. The van der Waals surface area contributed by atoms with Gasteiger partial charge >= 0.3 is 5.97 Å². The minimum Gasteiger partial charge on any atom is -0.479 e. The maximum Gasteiger partial charge on any atom is 0.332 e. The first-order valence-electron chi connectivity index (χ1n) is 3.11. The highest BCUT2D eigenvalue weighted by Crippen LogP contribution is 2.33. The smallest absolute Gasteiger partial charge is 0.332 e. The number of hydrogen-bond acceptors (Lipinski definition) is 2. The topological polar surface area (TPSA) is 57.5 Å². The van der Waals surface area contributed by atoms with Gasteiger partial charge in [0.05, 0.1) is 0 Å². The normalized spacial score (nSPS) is 21.4. The molecule has 1 saturated carbocycles. The minimum atomic E-state index is -1.13. The first-order chi connectivity index (χ1) is 4.20. The molecule has 3 heteroatoms. The van der Waals surface area contributed by atoms with Crippen LogP contribution in [0, 0.1) is 5.92 Å². The van der Waals surface area contributed by atoms with Crippen molar-refractivity contribution in [1.82, 2.24) is 0 Å². The SMILES string of the molecule is O=C(O)C(O)CC1CC1. The summed E-state index contributed by atoms with van der Waals surface area (Å²) in [6.45, 7) is 0. The summed E-state index contributed by atoms with van der Waals surface area (Å²) in [4.78, 5) is 10.0. The zero-order valence-electron chi connectivity index (χ0n) is 5.08. The predicted octanol–water partition coefficient (Wildman–Crippen LogP) is 0.232. The molecule has 2 N–H and O–H groups in total. The van der Waals surface area contributed by atoms with E-state index < -0.39 is 12.1 Å². The maximum atomic E-state index is 10.0. The van der Waals surface area contributed by atoms with Crippen LogP contribution in [0.15, 0.2) is 0 Å². The second-order valence-electron chi connectivity index (χ2n) is 2.53. The average molecular weight is 130 g/mol. The molecular weight excluding hydrogens is 120 g/mol. The van der Waals surface area contributed by atoms with E-state index in [1.54, 1.807) is 0 Å². The standard InChI is InChI=1S/C6H10O3/c7-5(6(8)9)3-4-1-2-4/h4-5,7H,1-3H2,(H,8,9). The lowest BCUT2D eigenvalue weighted by Gasteiger charge is -2.00. The molecule has 0 aliphatic heterocycles. The molecular formula is C6H10O3. The molecule has 0 amide bonds. The molecule has 0 spiro atoms. The maximum absolute atomic E-state index is 10.0. The molecule has 1 atom stereocenters. The van der Waals surface area contributed by atoms with E-state index in [1.807, 2.05) is 0 Å². The van der Waals surface area contributed by atoms with Crippen LogP contribution in [0.2, 0.25) is 0 Å². The van der Waals surface area contributed by atoms with E-state index in [4.69, 9.17) is 10.2 Å². The van der Waals surface area contributed by atoms with Gasteiger partial charge in [0.2, 0.25) is 0 Å². The third-order valence-corrected chi connectivity index (χ3v) is 1.54. The number of aliphatic carboxylic acids is 1. The number of carboxylic acids is 1. The van der Waals surface area contributed by atoms with Crippen LogP contribution in [0.4, 0.5) is 0 Å². The molecule has 3 nitrogen and oxygen atoms in total. The summed E-state index contributed by atoms with van der Waals surface area (Å²) in [5, 5.41) is 16.9. The van der Waals surface area contributed by atoms with E-state index in [1.165, 1.54) is 0 Å². The summed E-state index contributed by atoms with van der Waals surface area (Å²) >= 11 is 0. The first-order valence-corrected chi connectivity index (χ1v) is 3.11. The zero-order chi connectivity index (χ0) is 6.85. The third-order valence-electron chi connectivity index (χ3n) is 1.54. The average Bonchev–Trinajstić information content (AvgIpc) is 2.50. The van der Waals surface area contributed by atoms with Gasteiger partial charge in [-0.1, -0.05) is 12.8 Å². The fourth-order valence-electron chi connectivity index (χ4n) is 0.770. The van der Waals surface area contributed by atoms with E-state index >= 15 is 0 Å². The van der Waals surface area contributed by atoms with Crippen molar-refractivity contribution in [3.05, 3.63) is 0 Å². The molecule has 1 rings (SSSR count). The number of aliphatic hydroxyl groups excluding tert-OH is 1. The minimum absolute atomic E-state index is 0.440. The van der Waals surface area contributed by atoms with Gasteiger partial charge in [0.15, 0.2) is 6.10 Å². The molecule has 1 fully saturated rings. The van der Waals surface area contributed by atoms with Crippen LogP contribution in [0.5, 0.6) is 0 Å². The molecule has 1 aliphatic rings. The third kappa shape index (κ3) is 2.01. The Kier molecular flexibility index (Phi) is 1.71. The van der Waals surface area contributed by atoms with Gasteiger partial charge in [0.25, 0.3) is 0 Å². The second-order valence-corrected chi connectivity index (χ2v) is 2.53. The zero-order valence-corrected chi connectivity index (χ0v) is 5.08. The Morgan fingerprint density at radius 1 is 1.67 bits per heavy atom. The molecule has 0 bridgehead atoms. The first kappa shape index (κ1) is 6.55. The lowest BCUT2D eigenvalue weighted by Crippen LogP contribution is -2.19. The van der Waals surface area contributed by atoms with E-state index in [0.717, 1.165) is 12.8 Å². The van der Waals surface area contributed by atoms with Crippen LogP contribution in [-0.4, -0.2) is 22.3 Å². The molecule has 9 heavy (non-hydrogen) atoms. The Labute approximate surface area is 53.3 Å². The van der Waals surface area contributed by atoms with Crippen LogP contribution in [-0.2, 0) is 4.79 Å². The Hall–Kier alpha value is -0.570. The Morgan fingerprint density at radius 3 is 2.56 bits per heavy atom. The van der Waals surface area contributed by atoms with Crippen LogP contribution in [0.1, 0.15) is 19.3 Å². The highest BCUT2D eigenvalue weighted by molar-refractivity contribution is 5.71.